The Hall–Kier alpha value is -1.07. The molecular formula is C22H35FN2O2. The normalized spacial score (nSPS) is 29.0. The lowest BCUT2D eigenvalue weighted by atomic mass is 9.81. The lowest BCUT2D eigenvalue weighted by Crippen LogP contribution is -2.38. The van der Waals surface area contributed by atoms with E-state index in [-0.39, 0.29) is 18.2 Å². The molecule has 0 spiro atoms. The van der Waals surface area contributed by atoms with Crippen molar-refractivity contribution in [1.29, 1.82) is 0 Å². The van der Waals surface area contributed by atoms with Crippen molar-refractivity contribution in [3.05, 3.63) is 23.5 Å². The molecule has 3 rings (SSSR count). The molecule has 1 aliphatic carbocycles. The molecule has 0 N–H and O–H groups in total. The first-order valence-corrected chi connectivity index (χ1v) is 11.0. The fourth-order valence-corrected chi connectivity index (χ4v) is 4.36. The highest BCUT2D eigenvalue weighted by molar-refractivity contribution is 5.10. The van der Waals surface area contributed by atoms with Gasteiger partial charge in [-0.25, -0.2) is 9.97 Å². The molecule has 2 heterocycles. The van der Waals surface area contributed by atoms with Crippen LogP contribution in [0.15, 0.2) is 6.20 Å². The second-order valence-electron chi connectivity index (χ2n) is 8.30. The Balaban J connectivity index is 1.43. The standard InChI is InChI=1S/C22H35FN2O2/c1-3-5-6-8-16-14-26-22(27-15-16)18-11-9-17(10-12-18)21-24-13-19(7-4-2)20(23)25-21/h13,16-18,22H,3-12,14-15H2,1-2H3. The number of rotatable bonds is 8. The summed E-state index contributed by atoms with van der Waals surface area (Å²) < 4.78 is 26.2. The SMILES string of the molecule is CCCCCC1COC(C2CCC(c3ncc(CCC)c(F)n3)CC2)OC1. The number of aromatic nitrogens is 2. The van der Waals surface area contributed by atoms with Crippen molar-refractivity contribution in [1.82, 2.24) is 9.97 Å². The van der Waals surface area contributed by atoms with Gasteiger partial charge in [0.25, 0.3) is 0 Å². The van der Waals surface area contributed by atoms with Crippen LogP contribution in [0.3, 0.4) is 0 Å². The fourth-order valence-electron chi connectivity index (χ4n) is 4.36. The van der Waals surface area contributed by atoms with E-state index in [0.717, 1.165) is 45.3 Å². The van der Waals surface area contributed by atoms with Crippen LogP contribution in [0.2, 0.25) is 0 Å². The molecule has 1 aromatic heterocycles. The van der Waals surface area contributed by atoms with Gasteiger partial charge in [0.2, 0.25) is 5.95 Å². The van der Waals surface area contributed by atoms with E-state index in [1.165, 1.54) is 25.7 Å². The van der Waals surface area contributed by atoms with Crippen LogP contribution in [0.25, 0.3) is 0 Å². The summed E-state index contributed by atoms with van der Waals surface area (Å²) in [6, 6.07) is 0. The van der Waals surface area contributed by atoms with Crippen LogP contribution < -0.4 is 0 Å². The monoisotopic (exact) mass is 378 g/mol. The maximum atomic E-state index is 14.1. The average Bonchev–Trinajstić information content (AvgIpc) is 2.71. The maximum Gasteiger partial charge on any atom is 0.219 e. The first kappa shape index (κ1) is 20.7. The fraction of sp³-hybridized carbons (Fsp3) is 0.818. The van der Waals surface area contributed by atoms with Crippen molar-refractivity contribution in [3.63, 3.8) is 0 Å². The van der Waals surface area contributed by atoms with Crippen LogP contribution in [0.1, 0.15) is 88.9 Å². The van der Waals surface area contributed by atoms with E-state index >= 15 is 0 Å². The molecule has 27 heavy (non-hydrogen) atoms. The Bertz CT molecular complexity index is 567. The molecular weight excluding hydrogens is 343 g/mol. The summed E-state index contributed by atoms with van der Waals surface area (Å²) in [5.41, 5.74) is 0.632. The Labute approximate surface area is 163 Å². The third-order valence-corrected chi connectivity index (χ3v) is 6.08. The highest BCUT2D eigenvalue weighted by Gasteiger charge is 2.33. The lowest BCUT2D eigenvalue weighted by molar-refractivity contribution is -0.229. The van der Waals surface area contributed by atoms with Crippen molar-refractivity contribution in [2.45, 2.75) is 90.3 Å². The Kier molecular flexibility index (Phi) is 8.01. The van der Waals surface area contributed by atoms with E-state index in [9.17, 15) is 4.39 Å². The summed E-state index contributed by atoms with van der Waals surface area (Å²) in [5, 5.41) is 0. The van der Waals surface area contributed by atoms with Crippen molar-refractivity contribution in [3.8, 4) is 0 Å². The van der Waals surface area contributed by atoms with Gasteiger partial charge in [-0.15, -0.1) is 0 Å². The largest absolute Gasteiger partial charge is 0.352 e. The highest BCUT2D eigenvalue weighted by atomic mass is 19.1. The third-order valence-electron chi connectivity index (χ3n) is 6.08. The van der Waals surface area contributed by atoms with E-state index in [1.807, 2.05) is 6.92 Å². The predicted octanol–water partition coefficient (Wildman–Crippen LogP) is 5.41. The molecule has 152 valence electrons. The number of halogens is 1. The molecule has 0 aromatic carbocycles. The van der Waals surface area contributed by atoms with Gasteiger partial charge in [0.05, 0.1) is 13.2 Å². The van der Waals surface area contributed by atoms with Crippen LogP contribution in [0.4, 0.5) is 4.39 Å². The summed E-state index contributed by atoms with van der Waals surface area (Å²) >= 11 is 0. The second kappa shape index (κ2) is 10.5. The van der Waals surface area contributed by atoms with Gasteiger partial charge in [-0.2, -0.15) is 4.39 Å². The zero-order valence-corrected chi connectivity index (χ0v) is 17.0. The van der Waals surface area contributed by atoms with Crippen molar-refractivity contribution < 1.29 is 13.9 Å². The molecule has 4 nitrogen and oxygen atoms in total. The van der Waals surface area contributed by atoms with Gasteiger partial charge in [-0.3, -0.25) is 0 Å². The van der Waals surface area contributed by atoms with Crippen molar-refractivity contribution in [2.75, 3.05) is 13.2 Å². The molecule has 1 aliphatic heterocycles. The molecule has 0 radical (unpaired) electrons. The summed E-state index contributed by atoms with van der Waals surface area (Å²) in [7, 11) is 0. The van der Waals surface area contributed by atoms with Gasteiger partial charge in [0.15, 0.2) is 6.29 Å². The number of hydrogen-bond donors (Lipinski definition) is 0. The molecule has 1 saturated carbocycles. The molecule has 0 unspecified atom stereocenters. The predicted molar refractivity (Wildman–Crippen MR) is 104 cm³/mol. The van der Waals surface area contributed by atoms with Gasteiger partial charge in [0.1, 0.15) is 5.82 Å². The van der Waals surface area contributed by atoms with Gasteiger partial charge in [-0.05, 0) is 38.5 Å². The van der Waals surface area contributed by atoms with Crippen LogP contribution in [-0.4, -0.2) is 29.5 Å². The molecule has 0 amide bonds. The van der Waals surface area contributed by atoms with Gasteiger partial charge in [0, 0.05) is 29.5 Å². The number of unbranched alkanes of at least 4 members (excludes halogenated alkanes) is 2. The zero-order valence-electron chi connectivity index (χ0n) is 17.0. The van der Waals surface area contributed by atoms with Gasteiger partial charge >= 0.3 is 0 Å². The van der Waals surface area contributed by atoms with E-state index in [4.69, 9.17) is 9.47 Å². The van der Waals surface area contributed by atoms with E-state index in [0.29, 0.717) is 29.6 Å². The quantitative estimate of drug-likeness (QED) is 0.448. The highest BCUT2D eigenvalue weighted by Crippen LogP contribution is 2.38. The molecule has 0 bridgehead atoms. The van der Waals surface area contributed by atoms with E-state index in [1.54, 1.807) is 6.20 Å². The number of nitrogens with zero attached hydrogens (tertiary/aromatic N) is 2. The minimum Gasteiger partial charge on any atom is -0.352 e. The first-order valence-electron chi connectivity index (χ1n) is 11.0. The number of hydrogen-bond acceptors (Lipinski definition) is 4. The van der Waals surface area contributed by atoms with Crippen LogP contribution in [0.5, 0.6) is 0 Å². The smallest absolute Gasteiger partial charge is 0.219 e. The number of aryl methyl sites for hydroxylation is 1. The average molecular weight is 379 g/mol. The molecule has 1 saturated heterocycles. The van der Waals surface area contributed by atoms with Crippen molar-refractivity contribution in [2.24, 2.45) is 11.8 Å². The summed E-state index contributed by atoms with van der Waals surface area (Å²) in [6.07, 6.45) is 12.3. The molecule has 2 aliphatic rings. The first-order chi connectivity index (χ1) is 13.2. The van der Waals surface area contributed by atoms with Crippen LogP contribution in [-0.2, 0) is 15.9 Å². The Morgan fingerprint density at radius 2 is 1.78 bits per heavy atom. The minimum absolute atomic E-state index is 0.0574. The summed E-state index contributed by atoms with van der Waals surface area (Å²) in [6.45, 7) is 5.94. The number of ether oxygens (including phenoxy) is 2. The molecule has 1 aromatic rings. The van der Waals surface area contributed by atoms with Crippen LogP contribution in [0, 0.1) is 17.8 Å². The van der Waals surface area contributed by atoms with Crippen molar-refractivity contribution >= 4 is 0 Å². The second-order valence-corrected chi connectivity index (χ2v) is 8.30. The van der Waals surface area contributed by atoms with Gasteiger partial charge < -0.3 is 9.47 Å². The topological polar surface area (TPSA) is 44.2 Å². The molecule has 5 heteroatoms. The molecule has 0 atom stereocenters. The zero-order chi connectivity index (χ0) is 19.1. The maximum absolute atomic E-state index is 14.1. The summed E-state index contributed by atoms with van der Waals surface area (Å²) in [4.78, 5) is 8.61. The van der Waals surface area contributed by atoms with E-state index in [2.05, 4.69) is 16.9 Å². The lowest BCUT2D eigenvalue weighted by Gasteiger charge is -2.37. The summed E-state index contributed by atoms with van der Waals surface area (Å²) in [5.74, 6) is 1.60. The van der Waals surface area contributed by atoms with Crippen LogP contribution >= 0.6 is 0 Å². The van der Waals surface area contributed by atoms with E-state index < -0.39 is 0 Å². The molecule has 2 fully saturated rings. The Morgan fingerprint density at radius 1 is 1.04 bits per heavy atom. The minimum atomic E-state index is -0.336. The van der Waals surface area contributed by atoms with Gasteiger partial charge in [-0.1, -0.05) is 39.5 Å². The third kappa shape index (κ3) is 5.71. The Morgan fingerprint density at radius 3 is 2.41 bits per heavy atom.